The first-order valence-electron chi connectivity index (χ1n) is 11.8. The lowest BCUT2D eigenvalue weighted by Crippen LogP contribution is -2.30. The quantitative estimate of drug-likeness (QED) is 0.181. The molecule has 2 heterocycles. The third-order valence-corrected chi connectivity index (χ3v) is 5.93. The molecule has 1 aliphatic rings. The molecule has 1 aromatic heterocycles. The zero-order valence-corrected chi connectivity index (χ0v) is 19.6. The Labute approximate surface area is 197 Å². The van der Waals surface area contributed by atoms with Gasteiger partial charge in [-0.1, -0.05) is 75.0 Å². The molecule has 1 fully saturated rings. The van der Waals surface area contributed by atoms with Gasteiger partial charge >= 0.3 is 0 Å². The Morgan fingerprint density at radius 2 is 1.64 bits per heavy atom. The first-order chi connectivity index (χ1) is 16.2. The molecule has 1 aliphatic heterocycles. The van der Waals surface area contributed by atoms with Crippen LogP contribution >= 0.6 is 0 Å². The molecule has 0 amide bonds. The van der Waals surface area contributed by atoms with E-state index in [-0.39, 0.29) is 0 Å². The molecule has 0 spiro atoms. The van der Waals surface area contributed by atoms with Crippen molar-refractivity contribution in [3.8, 4) is 0 Å². The van der Waals surface area contributed by atoms with Gasteiger partial charge in [-0.2, -0.15) is 0 Å². The number of amidine groups is 1. The highest BCUT2D eigenvalue weighted by molar-refractivity contribution is 6.02. The zero-order chi connectivity index (χ0) is 23.0. The Bertz CT molecular complexity index is 1110. The largest absolute Gasteiger partial charge is 0.368 e. The van der Waals surface area contributed by atoms with Crippen molar-refractivity contribution in [3.05, 3.63) is 101 Å². The molecule has 33 heavy (non-hydrogen) atoms. The van der Waals surface area contributed by atoms with Crippen molar-refractivity contribution < 1.29 is 0 Å². The van der Waals surface area contributed by atoms with Crippen LogP contribution in [-0.4, -0.2) is 30.5 Å². The number of benzene rings is 2. The number of aromatic nitrogens is 1. The summed E-state index contributed by atoms with van der Waals surface area (Å²) in [6, 6.07) is 21.4. The van der Waals surface area contributed by atoms with Crippen molar-refractivity contribution in [3.63, 3.8) is 0 Å². The Kier molecular flexibility index (Phi) is 7.53. The van der Waals surface area contributed by atoms with E-state index in [1.165, 1.54) is 16.7 Å². The van der Waals surface area contributed by atoms with Crippen molar-refractivity contribution in [2.75, 3.05) is 25.0 Å². The molecule has 0 radical (unpaired) electrons. The van der Waals surface area contributed by atoms with Crippen LogP contribution in [0.15, 0.2) is 78.4 Å². The molecule has 5 nitrogen and oxygen atoms in total. The van der Waals surface area contributed by atoms with Gasteiger partial charge in [-0.3, -0.25) is 0 Å². The molecule has 5 heteroatoms. The maximum Gasteiger partial charge on any atom is 0.134 e. The van der Waals surface area contributed by atoms with Crippen molar-refractivity contribution in [1.29, 1.82) is 0 Å². The lowest BCUT2D eigenvalue weighted by molar-refractivity contribution is 0.898. The molecule has 0 aliphatic carbocycles. The predicted octanol–water partition coefficient (Wildman–Crippen LogP) is 4.97. The summed E-state index contributed by atoms with van der Waals surface area (Å²) >= 11 is 0. The molecule has 0 bridgehead atoms. The van der Waals surface area contributed by atoms with E-state index in [4.69, 9.17) is 4.99 Å². The third-order valence-electron chi connectivity index (χ3n) is 5.93. The van der Waals surface area contributed by atoms with Crippen molar-refractivity contribution in [2.45, 2.75) is 32.7 Å². The van der Waals surface area contributed by atoms with Crippen molar-refractivity contribution >= 4 is 17.4 Å². The number of aryl methyl sites for hydroxylation is 2. The number of anilines is 1. The summed E-state index contributed by atoms with van der Waals surface area (Å²) in [5.74, 6) is 1.74. The normalized spacial score (nSPS) is 15.2. The maximum atomic E-state index is 4.98. The van der Waals surface area contributed by atoms with E-state index >= 15 is 0 Å². The van der Waals surface area contributed by atoms with Gasteiger partial charge in [-0.25, -0.2) is 9.98 Å². The van der Waals surface area contributed by atoms with E-state index in [0.29, 0.717) is 12.6 Å². The van der Waals surface area contributed by atoms with Gasteiger partial charge < -0.3 is 16.0 Å². The van der Waals surface area contributed by atoms with Crippen LogP contribution in [0.2, 0.25) is 0 Å². The second-order valence-corrected chi connectivity index (χ2v) is 8.22. The monoisotopic (exact) mass is 439 g/mol. The second kappa shape index (κ2) is 10.9. The van der Waals surface area contributed by atoms with Gasteiger partial charge in [0.25, 0.3) is 0 Å². The fourth-order valence-corrected chi connectivity index (χ4v) is 3.94. The molecular weight excluding hydrogens is 406 g/mol. The summed E-state index contributed by atoms with van der Waals surface area (Å²) in [4.78, 5) is 9.50. The molecule has 170 valence electrons. The van der Waals surface area contributed by atoms with Crippen LogP contribution in [0.25, 0.3) is 5.70 Å². The van der Waals surface area contributed by atoms with Crippen LogP contribution in [0.3, 0.4) is 0 Å². The summed E-state index contributed by atoms with van der Waals surface area (Å²) in [6.07, 6.45) is 3.84. The second-order valence-electron chi connectivity index (χ2n) is 8.22. The van der Waals surface area contributed by atoms with E-state index in [1.807, 2.05) is 18.3 Å². The van der Waals surface area contributed by atoms with Crippen LogP contribution in [0.5, 0.6) is 0 Å². The van der Waals surface area contributed by atoms with Gasteiger partial charge in [0.15, 0.2) is 0 Å². The number of pyridine rings is 1. The maximum absolute atomic E-state index is 4.98. The van der Waals surface area contributed by atoms with Crippen LogP contribution in [-0.2, 0) is 12.8 Å². The smallest absolute Gasteiger partial charge is 0.134 e. The van der Waals surface area contributed by atoms with Crippen molar-refractivity contribution in [1.82, 2.24) is 15.6 Å². The first kappa shape index (κ1) is 22.7. The van der Waals surface area contributed by atoms with Gasteiger partial charge in [0, 0.05) is 43.0 Å². The Balaban J connectivity index is 1.48. The number of rotatable bonds is 10. The number of hydrogen-bond donors (Lipinski definition) is 3. The van der Waals surface area contributed by atoms with Crippen LogP contribution < -0.4 is 16.0 Å². The Morgan fingerprint density at radius 1 is 0.970 bits per heavy atom. The standard InChI is InChI=1S/C28H33N5/c1-4-21-10-6-8-12-24(21)20(3)33-28(25-13-9-7-11-22(25)5-2)30-17-16-29-27-15-14-23(18-32-27)26-19-31-26/h6-15,18,26,31H,3-5,16-17,19H2,1-2H3,(H,29,32)(H,30,33)/t26-/m0/s1. The average molecular weight is 440 g/mol. The van der Waals surface area contributed by atoms with Crippen LogP contribution in [0.1, 0.15) is 47.7 Å². The molecule has 3 N–H and O–H groups in total. The minimum absolute atomic E-state index is 0.483. The van der Waals surface area contributed by atoms with Gasteiger partial charge in [-0.15, -0.1) is 0 Å². The highest BCUT2D eigenvalue weighted by Gasteiger charge is 2.22. The molecule has 0 unspecified atom stereocenters. The predicted molar refractivity (Wildman–Crippen MR) is 139 cm³/mol. The summed E-state index contributed by atoms with van der Waals surface area (Å²) in [6.45, 7) is 11.1. The number of hydrogen-bond acceptors (Lipinski definition) is 4. The lowest BCUT2D eigenvalue weighted by Gasteiger charge is -2.16. The third kappa shape index (κ3) is 5.88. The Hall–Kier alpha value is -3.44. The number of nitrogens with one attached hydrogen (secondary N) is 3. The number of nitrogens with zero attached hydrogens (tertiary/aromatic N) is 2. The highest BCUT2D eigenvalue weighted by Crippen LogP contribution is 2.22. The summed E-state index contributed by atoms with van der Waals surface area (Å²) in [7, 11) is 0. The van der Waals surface area contributed by atoms with Crippen molar-refractivity contribution in [2.24, 2.45) is 4.99 Å². The van der Waals surface area contributed by atoms with Crippen LogP contribution in [0.4, 0.5) is 5.82 Å². The summed E-state index contributed by atoms with van der Waals surface area (Å²) < 4.78 is 0. The van der Waals surface area contributed by atoms with Crippen LogP contribution in [0, 0.1) is 0 Å². The minimum atomic E-state index is 0.483. The molecule has 4 rings (SSSR count). The zero-order valence-electron chi connectivity index (χ0n) is 19.6. The molecule has 1 saturated heterocycles. The minimum Gasteiger partial charge on any atom is -0.368 e. The lowest BCUT2D eigenvalue weighted by atomic mass is 10.0. The SMILES string of the molecule is C=C(/N=C(/NCCNc1ccc([C@@H]2CN2)cn1)c1ccccc1CC)c1ccccc1CC. The fraction of sp³-hybridized carbons (Fsp3) is 0.286. The number of aliphatic imine (C=N–C) groups is 1. The highest BCUT2D eigenvalue weighted by atomic mass is 15.1. The van der Waals surface area contributed by atoms with E-state index in [1.54, 1.807) is 0 Å². The van der Waals surface area contributed by atoms with E-state index in [2.05, 4.69) is 89.9 Å². The van der Waals surface area contributed by atoms with Gasteiger partial charge in [0.2, 0.25) is 0 Å². The van der Waals surface area contributed by atoms with E-state index < -0.39 is 0 Å². The summed E-state index contributed by atoms with van der Waals surface area (Å²) in [5, 5.41) is 10.2. The summed E-state index contributed by atoms with van der Waals surface area (Å²) in [5.41, 5.74) is 6.76. The van der Waals surface area contributed by atoms with Gasteiger partial charge in [0.05, 0.1) is 5.70 Å². The molecule has 0 saturated carbocycles. The van der Waals surface area contributed by atoms with E-state index in [9.17, 15) is 0 Å². The van der Waals surface area contributed by atoms with Gasteiger partial charge in [0.1, 0.15) is 11.7 Å². The topological polar surface area (TPSA) is 71.2 Å². The average Bonchev–Trinajstić information content (AvgIpc) is 3.71. The first-order valence-corrected chi connectivity index (χ1v) is 11.8. The molecular formula is C28H33N5. The van der Waals surface area contributed by atoms with Gasteiger partial charge in [-0.05, 0) is 35.6 Å². The molecule has 2 aromatic carbocycles. The molecule has 1 atom stereocenters. The Morgan fingerprint density at radius 3 is 2.27 bits per heavy atom. The fourth-order valence-electron chi connectivity index (χ4n) is 3.94. The van der Waals surface area contributed by atoms with E-state index in [0.717, 1.165) is 54.4 Å². The molecule has 3 aromatic rings.